The van der Waals surface area contributed by atoms with E-state index in [1.54, 1.807) is 0 Å². The van der Waals surface area contributed by atoms with Gasteiger partial charge in [-0.1, -0.05) is 0 Å². The van der Waals surface area contributed by atoms with Crippen molar-refractivity contribution >= 4 is 23.2 Å². The third kappa shape index (κ3) is 2.70. The summed E-state index contributed by atoms with van der Waals surface area (Å²) < 4.78 is 0. The molecule has 8 heteroatoms. The number of rotatable bonds is 5. The van der Waals surface area contributed by atoms with Crippen LogP contribution in [0.3, 0.4) is 0 Å². The smallest absolute Gasteiger partial charge is 0.292 e. The Bertz CT molecular complexity index is 627. The number of imide groups is 1. The molecule has 0 saturated heterocycles. The first-order valence-electron chi connectivity index (χ1n) is 6.41. The fourth-order valence-corrected chi connectivity index (χ4v) is 2.25. The maximum atomic E-state index is 12.2. The number of anilines is 1. The second-order valence-electron chi connectivity index (χ2n) is 5.13. The van der Waals surface area contributed by atoms with Crippen LogP contribution in [0.15, 0.2) is 12.1 Å². The van der Waals surface area contributed by atoms with Crippen molar-refractivity contribution in [1.29, 1.82) is 0 Å². The molecule has 0 bridgehead atoms. The highest BCUT2D eigenvalue weighted by Gasteiger charge is 2.37. The summed E-state index contributed by atoms with van der Waals surface area (Å²) >= 11 is 0. The first kappa shape index (κ1) is 14.9. The molecule has 0 atom stereocenters. The molecule has 1 aromatic rings. The van der Waals surface area contributed by atoms with E-state index < -0.39 is 16.7 Å². The number of carbonyl (C=O) groups is 2. The van der Waals surface area contributed by atoms with Gasteiger partial charge < -0.3 is 10.6 Å². The van der Waals surface area contributed by atoms with Gasteiger partial charge in [0.2, 0.25) is 0 Å². The van der Waals surface area contributed by atoms with Gasteiger partial charge in [-0.05, 0) is 33.1 Å². The van der Waals surface area contributed by atoms with Gasteiger partial charge in [0.15, 0.2) is 0 Å². The zero-order valence-corrected chi connectivity index (χ0v) is 11.8. The Labute approximate surface area is 121 Å². The number of hydrogen-bond donors (Lipinski definition) is 1. The summed E-state index contributed by atoms with van der Waals surface area (Å²) in [5, 5.41) is 10.8. The van der Waals surface area contributed by atoms with Crippen molar-refractivity contribution in [2.24, 2.45) is 0 Å². The minimum Gasteiger partial charge on any atom is -0.393 e. The molecule has 112 valence electrons. The monoisotopic (exact) mass is 292 g/mol. The van der Waals surface area contributed by atoms with Gasteiger partial charge in [0, 0.05) is 12.6 Å². The average Bonchev–Trinajstić information content (AvgIpc) is 2.62. The van der Waals surface area contributed by atoms with E-state index in [1.807, 2.05) is 19.0 Å². The van der Waals surface area contributed by atoms with Crippen LogP contribution >= 0.6 is 0 Å². The summed E-state index contributed by atoms with van der Waals surface area (Å²) in [6, 6.07) is 2.29. The molecule has 0 aromatic heterocycles. The van der Waals surface area contributed by atoms with Crippen LogP contribution in [0, 0.1) is 10.1 Å². The van der Waals surface area contributed by atoms with E-state index in [2.05, 4.69) is 0 Å². The Balaban J connectivity index is 2.27. The number of nitrogens with zero attached hydrogens (tertiary/aromatic N) is 3. The highest BCUT2D eigenvalue weighted by Crippen LogP contribution is 2.31. The Morgan fingerprint density at radius 3 is 2.33 bits per heavy atom. The lowest BCUT2D eigenvalue weighted by molar-refractivity contribution is -0.383. The van der Waals surface area contributed by atoms with E-state index in [1.165, 1.54) is 6.07 Å². The molecule has 8 nitrogen and oxygen atoms in total. The first-order valence-corrected chi connectivity index (χ1v) is 6.41. The van der Waals surface area contributed by atoms with Crippen molar-refractivity contribution in [2.45, 2.75) is 6.42 Å². The van der Waals surface area contributed by atoms with Crippen LogP contribution in [-0.4, -0.2) is 53.7 Å². The number of nitro groups is 1. The first-order chi connectivity index (χ1) is 9.82. The van der Waals surface area contributed by atoms with Gasteiger partial charge in [-0.25, -0.2) is 0 Å². The average molecular weight is 292 g/mol. The number of carbonyl (C=O) groups excluding carboxylic acids is 2. The molecule has 1 aliphatic heterocycles. The summed E-state index contributed by atoms with van der Waals surface area (Å²) in [5.41, 5.74) is 5.26. The third-order valence-electron chi connectivity index (χ3n) is 3.30. The van der Waals surface area contributed by atoms with Gasteiger partial charge in [-0.3, -0.25) is 24.6 Å². The van der Waals surface area contributed by atoms with Crippen LogP contribution in [0.2, 0.25) is 0 Å². The van der Waals surface area contributed by atoms with Crippen LogP contribution in [0.25, 0.3) is 0 Å². The molecule has 2 amide bonds. The second kappa shape index (κ2) is 5.49. The van der Waals surface area contributed by atoms with Gasteiger partial charge >= 0.3 is 0 Å². The Kier molecular flexibility index (Phi) is 3.90. The van der Waals surface area contributed by atoms with E-state index in [0.717, 1.165) is 17.5 Å². The standard InChI is InChI=1S/C13H16N4O4/c1-15(2)4-3-5-16-12(18)8-6-10(14)11(17(20)21)7-9(8)13(16)19/h6-7H,3-5,14H2,1-2H3. The van der Waals surface area contributed by atoms with Gasteiger partial charge in [0.25, 0.3) is 17.5 Å². The highest BCUT2D eigenvalue weighted by molar-refractivity contribution is 6.22. The molecule has 2 rings (SSSR count). The Hall–Kier alpha value is -2.48. The highest BCUT2D eigenvalue weighted by atomic mass is 16.6. The molecule has 2 N–H and O–H groups in total. The van der Waals surface area contributed by atoms with E-state index >= 15 is 0 Å². The van der Waals surface area contributed by atoms with Gasteiger partial charge in [0.05, 0.1) is 16.1 Å². The molecule has 1 aromatic carbocycles. The van der Waals surface area contributed by atoms with Gasteiger partial charge in [0.1, 0.15) is 5.69 Å². The molecule has 1 aliphatic rings. The summed E-state index contributed by atoms with van der Waals surface area (Å²) in [6.07, 6.45) is 0.635. The van der Waals surface area contributed by atoms with Gasteiger partial charge in [-0.15, -0.1) is 0 Å². The van der Waals surface area contributed by atoms with Crippen LogP contribution < -0.4 is 5.73 Å². The van der Waals surface area contributed by atoms with E-state index in [0.29, 0.717) is 6.42 Å². The normalized spacial score (nSPS) is 14.0. The topological polar surface area (TPSA) is 110 Å². The van der Waals surface area contributed by atoms with Crippen molar-refractivity contribution in [3.8, 4) is 0 Å². The maximum absolute atomic E-state index is 12.2. The number of fused-ring (bicyclic) bond motifs is 1. The molecule has 21 heavy (non-hydrogen) atoms. The quantitative estimate of drug-likeness (QED) is 0.370. The Morgan fingerprint density at radius 2 is 1.81 bits per heavy atom. The van der Waals surface area contributed by atoms with Crippen molar-refractivity contribution in [3.63, 3.8) is 0 Å². The molecule has 1 heterocycles. The van der Waals surface area contributed by atoms with Crippen molar-refractivity contribution in [1.82, 2.24) is 9.80 Å². The lowest BCUT2D eigenvalue weighted by Crippen LogP contribution is -2.32. The predicted octanol–water partition coefficient (Wildman–Crippen LogP) is 0.725. The van der Waals surface area contributed by atoms with Crippen molar-refractivity contribution in [3.05, 3.63) is 33.4 Å². The van der Waals surface area contributed by atoms with Crippen molar-refractivity contribution in [2.75, 3.05) is 32.9 Å². The zero-order valence-electron chi connectivity index (χ0n) is 11.8. The molecule has 0 fully saturated rings. The molecule has 0 saturated carbocycles. The lowest BCUT2D eigenvalue weighted by atomic mass is 10.1. The fraction of sp³-hybridized carbons (Fsp3) is 0.385. The SMILES string of the molecule is CN(C)CCCN1C(=O)c2cc(N)c([N+](=O)[O-])cc2C1=O. The van der Waals surface area contributed by atoms with Gasteiger partial charge in [-0.2, -0.15) is 0 Å². The minimum atomic E-state index is -0.665. The molecule has 0 unspecified atom stereocenters. The van der Waals surface area contributed by atoms with E-state index in [-0.39, 0.29) is 29.0 Å². The maximum Gasteiger partial charge on any atom is 0.292 e. The van der Waals surface area contributed by atoms with Crippen LogP contribution in [0.5, 0.6) is 0 Å². The number of nitrogens with two attached hydrogens (primary N) is 1. The molecule has 0 spiro atoms. The number of hydrogen-bond acceptors (Lipinski definition) is 6. The minimum absolute atomic E-state index is 0.0470. The summed E-state index contributed by atoms with van der Waals surface area (Å²) in [5.74, 6) is -0.952. The summed E-state index contributed by atoms with van der Waals surface area (Å²) in [4.78, 5) is 37.6. The zero-order chi connectivity index (χ0) is 15.7. The third-order valence-corrected chi connectivity index (χ3v) is 3.30. The van der Waals surface area contributed by atoms with Crippen LogP contribution in [0.4, 0.5) is 11.4 Å². The van der Waals surface area contributed by atoms with E-state index in [9.17, 15) is 19.7 Å². The molecular weight excluding hydrogens is 276 g/mol. The Morgan fingerprint density at radius 1 is 1.24 bits per heavy atom. The predicted molar refractivity (Wildman–Crippen MR) is 76.0 cm³/mol. The summed E-state index contributed by atoms with van der Waals surface area (Å²) in [7, 11) is 3.79. The number of nitro benzene ring substituents is 1. The number of benzene rings is 1. The van der Waals surface area contributed by atoms with E-state index in [4.69, 9.17) is 5.73 Å². The van der Waals surface area contributed by atoms with Crippen LogP contribution in [-0.2, 0) is 0 Å². The summed E-state index contributed by atoms with van der Waals surface area (Å²) in [6.45, 7) is 1.01. The van der Waals surface area contributed by atoms with Crippen molar-refractivity contribution < 1.29 is 14.5 Å². The lowest BCUT2D eigenvalue weighted by Gasteiger charge is -2.15. The van der Waals surface area contributed by atoms with Crippen LogP contribution in [0.1, 0.15) is 27.1 Å². The largest absolute Gasteiger partial charge is 0.393 e. The second-order valence-corrected chi connectivity index (χ2v) is 5.13. The number of nitrogen functional groups attached to an aromatic ring is 1. The number of amides is 2. The fourth-order valence-electron chi connectivity index (χ4n) is 2.25. The molecule has 0 aliphatic carbocycles. The molecular formula is C13H16N4O4. The molecule has 0 radical (unpaired) electrons.